The van der Waals surface area contributed by atoms with Crippen molar-refractivity contribution in [2.75, 3.05) is 46.4 Å². The van der Waals surface area contributed by atoms with Gasteiger partial charge >= 0.3 is 0 Å². The van der Waals surface area contributed by atoms with Gasteiger partial charge in [0, 0.05) is 44.3 Å². The summed E-state index contributed by atoms with van der Waals surface area (Å²) in [6, 6.07) is 0.209. The average Bonchev–Trinajstić information content (AvgIpc) is 2.25. The van der Waals surface area contributed by atoms with Crippen LogP contribution in [0, 0.1) is 0 Å². The maximum Gasteiger partial charge on any atom is 0.0597 e. The molecule has 1 atom stereocenters. The molecule has 0 radical (unpaired) electrons. The van der Waals surface area contributed by atoms with Crippen LogP contribution in [0.15, 0.2) is 0 Å². The van der Waals surface area contributed by atoms with Gasteiger partial charge < -0.3 is 10.4 Å². The molecule has 1 rings (SSSR count). The number of nitrogens with one attached hydrogen (secondary N) is 1. The number of aliphatic hydroxyl groups excluding tert-OH is 1. The van der Waals surface area contributed by atoms with E-state index in [4.69, 9.17) is 5.11 Å². The largest absolute Gasteiger partial charge is 0.395 e. The molecule has 1 unspecified atom stereocenters. The van der Waals surface area contributed by atoms with Gasteiger partial charge in [-0.25, -0.2) is 0 Å². The van der Waals surface area contributed by atoms with E-state index in [1.165, 1.54) is 0 Å². The van der Waals surface area contributed by atoms with Gasteiger partial charge in [0.1, 0.15) is 0 Å². The van der Waals surface area contributed by atoms with Gasteiger partial charge in [0.25, 0.3) is 0 Å². The molecule has 16 heavy (non-hydrogen) atoms. The van der Waals surface area contributed by atoms with Crippen molar-refractivity contribution in [2.24, 2.45) is 0 Å². The highest BCUT2D eigenvalue weighted by atomic mass is 16.3. The summed E-state index contributed by atoms with van der Waals surface area (Å²) >= 11 is 0. The van der Waals surface area contributed by atoms with E-state index in [0.717, 1.165) is 32.7 Å². The molecule has 96 valence electrons. The van der Waals surface area contributed by atoms with Gasteiger partial charge in [-0.2, -0.15) is 0 Å². The highest BCUT2D eigenvalue weighted by molar-refractivity contribution is 4.83. The van der Waals surface area contributed by atoms with Gasteiger partial charge in [-0.05, 0) is 27.8 Å². The minimum Gasteiger partial charge on any atom is -0.395 e. The molecule has 0 aromatic carbocycles. The van der Waals surface area contributed by atoms with Gasteiger partial charge in [-0.15, -0.1) is 0 Å². The van der Waals surface area contributed by atoms with Crippen molar-refractivity contribution in [3.8, 4) is 0 Å². The van der Waals surface area contributed by atoms with Crippen LogP contribution in [0.25, 0.3) is 0 Å². The Morgan fingerprint density at radius 1 is 1.19 bits per heavy atom. The lowest BCUT2D eigenvalue weighted by atomic mass is 10.0. The molecule has 0 aliphatic carbocycles. The molecule has 0 aromatic rings. The van der Waals surface area contributed by atoms with E-state index in [1.807, 2.05) is 7.05 Å². The van der Waals surface area contributed by atoms with Crippen molar-refractivity contribution >= 4 is 0 Å². The van der Waals surface area contributed by atoms with Crippen LogP contribution in [0.1, 0.15) is 20.8 Å². The number of rotatable bonds is 4. The van der Waals surface area contributed by atoms with Crippen molar-refractivity contribution in [3.05, 3.63) is 0 Å². The SMILES string of the molecule is CNC(CO)CN1CCN(C(C)(C)C)CC1. The van der Waals surface area contributed by atoms with Crippen molar-refractivity contribution in [2.45, 2.75) is 32.4 Å². The maximum atomic E-state index is 9.14. The highest BCUT2D eigenvalue weighted by Crippen LogP contribution is 2.15. The van der Waals surface area contributed by atoms with E-state index < -0.39 is 0 Å². The number of hydrogen-bond donors (Lipinski definition) is 2. The second-order valence-electron chi connectivity index (χ2n) is 5.63. The van der Waals surface area contributed by atoms with E-state index in [9.17, 15) is 0 Å². The Hall–Kier alpha value is -0.160. The molecular formula is C12H27N3O. The number of nitrogens with zero attached hydrogens (tertiary/aromatic N) is 2. The fraction of sp³-hybridized carbons (Fsp3) is 1.00. The quantitative estimate of drug-likeness (QED) is 0.711. The molecule has 2 N–H and O–H groups in total. The van der Waals surface area contributed by atoms with E-state index >= 15 is 0 Å². The summed E-state index contributed by atoms with van der Waals surface area (Å²) in [6.07, 6.45) is 0. The van der Waals surface area contributed by atoms with Crippen molar-refractivity contribution in [3.63, 3.8) is 0 Å². The van der Waals surface area contributed by atoms with Crippen LogP contribution in [0.5, 0.6) is 0 Å². The summed E-state index contributed by atoms with van der Waals surface area (Å²) in [7, 11) is 1.91. The van der Waals surface area contributed by atoms with E-state index in [2.05, 4.69) is 35.9 Å². The van der Waals surface area contributed by atoms with Crippen LogP contribution in [0.2, 0.25) is 0 Å². The number of likely N-dealkylation sites (N-methyl/N-ethyl adjacent to an activating group) is 1. The summed E-state index contributed by atoms with van der Waals surface area (Å²) < 4.78 is 0. The minimum absolute atomic E-state index is 0.209. The first-order valence-corrected chi connectivity index (χ1v) is 6.23. The first-order chi connectivity index (χ1) is 7.47. The Labute approximate surface area is 99.6 Å². The van der Waals surface area contributed by atoms with Crippen LogP contribution in [0.4, 0.5) is 0 Å². The topological polar surface area (TPSA) is 38.7 Å². The molecule has 0 saturated carbocycles. The third-order valence-corrected chi connectivity index (χ3v) is 3.43. The summed E-state index contributed by atoms with van der Waals surface area (Å²) in [4.78, 5) is 4.95. The lowest BCUT2D eigenvalue weighted by Gasteiger charge is -2.42. The number of hydrogen-bond acceptors (Lipinski definition) is 4. The summed E-state index contributed by atoms with van der Waals surface area (Å²) in [6.45, 7) is 12.5. The molecular weight excluding hydrogens is 202 g/mol. The zero-order valence-electron chi connectivity index (χ0n) is 11.2. The molecule has 1 aliphatic rings. The van der Waals surface area contributed by atoms with Crippen LogP contribution in [-0.4, -0.2) is 72.9 Å². The van der Waals surface area contributed by atoms with Crippen LogP contribution in [0.3, 0.4) is 0 Å². The Balaban J connectivity index is 2.32. The smallest absolute Gasteiger partial charge is 0.0597 e. The van der Waals surface area contributed by atoms with Crippen LogP contribution >= 0.6 is 0 Å². The lowest BCUT2D eigenvalue weighted by Crippen LogP contribution is -2.55. The van der Waals surface area contributed by atoms with Gasteiger partial charge in [0.15, 0.2) is 0 Å². The van der Waals surface area contributed by atoms with Crippen molar-refractivity contribution in [1.82, 2.24) is 15.1 Å². The van der Waals surface area contributed by atoms with Gasteiger partial charge in [0.2, 0.25) is 0 Å². The Morgan fingerprint density at radius 2 is 1.75 bits per heavy atom. The van der Waals surface area contributed by atoms with E-state index in [-0.39, 0.29) is 18.2 Å². The Kier molecular flexibility index (Phi) is 5.18. The Morgan fingerprint density at radius 3 is 2.12 bits per heavy atom. The van der Waals surface area contributed by atoms with Gasteiger partial charge in [0.05, 0.1) is 6.61 Å². The number of aliphatic hydroxyl groups is 1. The zero-order valence-corrected chi connectivity index (χ0v) is 11.2. The minimum atomic E-state index is 0.209. The standard InChI is InChI=1S/C12H27N3O/c1-12(2,3)15-7-5-14(6-8-15)9-11(10-16)13-4/h11,13,16H,5-10H2,1-4H3. The second kappa shape index (κ2) is 5.96. The van der Waals surface area contributed by atoms with E-state index in [0.29, 0.717) is 0 Å². The van der Waals surface area contributed by atoms with Crippen LogP contribution in [-0.2, 0) is 0 Å². The fourth-order valence-electron chi connectivity index (χ4n) is 2.15. The highest BCUT2D eigenvalue weighted by Gasteiger charge is 2.26. The van der Waals surface area contributed by atoms with Crippen LogP contribution < -0.4 is 5.32 Å². The molecule has 1 aliphatic heterocycles. The average molecular weight is 229 g/mol. The van der Waals surface area contributed by atoms with Gasteiger partial charge in [-0.1, -0.05) is 0 Å². The molecule has 0 aromatic heterocycles. The second-order valence-corrected chi connectivity index (χ2v) is 5.63. The monoisotopic (exact) mass is 229 g/mol. The normalized spacial score (nSPS) is 22.3. The third-order valence-electron chi connectivity index (χ3n) is 3.43. The predicted molar refractivity (Wildman–Crippen MR) is 67.7 cm³/mol. The van der Waals surface area contributed by atoms with E-state index in [1.54, 1.807) is 0 Å². The summed E-state index contributed by atoms with van der Waals surface area (Å²) in [5.41, 5.74) is 0.283. The molecule has 0 bridgehead atoms. The van der Waals surface area contributed by atoms with Crippen molar-refractivity contribution < 1.29 is 5.11 Å². The zero-order chi connectivity index (χ0) is 12.2. The molecule has 1 saturated heterocycles. The third kappa shape index (κ3) is 4.01. The maximum absolute atomic E-state index is 9.14. The molecule has 0 amide bonds. The molecule has 4 nitrogen and oxygen atoms in total. The Bertz CT molecular complexity index is 191. The molecule has 0 spiro atoms. The first-order valence-electron chi connectivity index (χ1n) is 6.23. The predicted octanol–water partition coefficient (Wildman–Crippen LogP) is -0.0172. The summed E-state index contributed by atoms with van der Waals surface area (Å²) in [5, 5.41) is 12.3. The lowest BCUT2D eigenvalue weighted by molar-refractivity contribution is 0.0544. The van der Waals surface area contributed by atoms with Gasteiger partial charge in [-0.3, -0.25) is 9.80 Å². The first kappa shape index (κ1) is 13.9. The molecule has 4 heteroatoms. The van der Waals surface area contributed by atoms with Crippen molar-refractivity contribution in [1.29, 1.82) is 0 Å². The fourth-order valence-corrected chi connectivity index (χ4v) is 2.15. The molecule has 1 heterocycles. The number of piperazine rings is 1. The summed E-state index contributed by atoms with van der Waals surface area (Å²) in [5.74, 6) is 0. The molecule has 1 fully saturated rings.